The topological polar surface area (TPSA) is 99.3 Å². The van der Waals surface area contributed by atoms with E-state index >= 15 is 0 Å². The zero-order valence-corrected chi connectivity index (χ0v) is 19.0. The number of nitrogens with one attached hydrogen (secondary N) is 4. The van der Waals surface area contributed by atoms with Crippen LogP contribution in [0.5, 0.6) is 0 Å². The van der Waals surface area contributed by atoms with E-state index < -0.39 is 21.7 Å². The third-order valence-electron chi connectivity index (χ3n) is 4.06. The zero-order chi connectivity index (χ0) is 23.3. The zero-order valence-electron chi connectivity index (χ0n) is 16.6. The van der Waals surface area contributed by atoms with Gasteiger partial charge in [0.2, 0.25) is 10.0 Å². The van der Waals surface area contributed by atoms with E-state index in [1.54, 1.807) is 36.4 Å². The van der Waals surface area contributed by atoms with Crippen molar-refractivity contribution in [1.29, 1.82) is 0 Å². The maximum absolute atomic E-state index is 13.9. The molecule has 11 heteroatoms. The molecule has 0 aliphatic rings. The predicted molar refractivity (Wildman–Crippen MR) is 131 cm³/mol. The molecule has 0 atom stereocenters. The molecule has 3 aromatic carbocycles. The Hall–Kier alpha value is -3.21. The molecular weight excluding hydrogens is 475 g/mol. The van der Waals surface area contributed by atoms with Crippen molar-refractivity contribution in [2.45, 2.75) is 0 Å². The summed E-state index contributed by atoms with van der Waals surface area (Å²) in [5, 5.41) is 8.92. The molecule has 0 spiro atoms. The van der Waals surface area contributed by atoms with E-state index in [4.69, 9.17) is 23.8 Å². The number of halogens is 2. The van der Waals surface area contributed by atoms with Crippen molar-refractivity contribution in [3.63, 3.8) is 0 Å². The van der Waals surface area contributed by atoms with Crippen LogP contribution in [0.25, 0.3) is 0 Å². The van der Waals surface area contributed by atoms with Crippen LogP contribution in [0.3, 0.4) is 0 Å². The third-order valence-corrected chi connectivity index (χ3v) is 5.17. The van der Waals surface area contributed by atoms with E-state index in [1.807, 2.05) is 0 Å². The number of hydrogen-bond acceptors (Lipinski definition) is 4. The van der Waals surface area contributed by atoms with Gasteiger partial charge in [-0.2, -0.15) is 0 Å². The maximum Gasteiger partial charge on any atom is 0.258 e. The van der Waals surface area contributed by atoms with Crippen molar-refractivity contribution in [2.75, 3.05) is 26.9 Å². The second-order valence-corrected chi connectivity index (χ2v) is 9.19. The average molecular weight is 493 g/mol. The smallest absolute Gasteiger partial charge is 0.258 e. The van der Waals surface area contributed by atoms with Crippen molar-refractivity contribution in [3.8, 4) is 0 Å². The van der Waals surface area contributed by atoms with Crippen molar-refractivity contribution >= 4 is 67.6 Å². The molecule has 3 rings (SSSR count). The molecule has 0 unspecified atom stereocenters. The Morgan fingerprint density at radius 1 is 0.906 bits per heavy atom. The van der Waals surface area contributed by atoms with Gasteiger partial charge in [-0.05, 0) is 54.7 Å². The minimum Gasteiger partial charge on any atom is -0.332 e. The number of carbonyl (C=O) groups is 1. The first-order valence-corrected chi connectivity index (χ1v) is 11.8. The quantitative estimate of drug-likeness (QED) is 0.365. The molecule has 0 aliphatic heterocycles. The van der Waals surface area contributed by atoms with Gasteiger partial charge in [0, 0.05) is 5.69 Å². The minimum absolute atomic E-state index is 0.0829. The highest BCUT2D eigenvalue weighted by atomic mass is 35.5. The van der Waals surface area contributed by atoms with E-state index in [0.717, 1.165) is 6.26 Å². The van der Waals surface area contributed by atoms with Crippen molar-refractivity contribution in [2.24, 2.45) is 0 Å². The van der Waals surface area contributed by atoms with Crippen LogP contribution < -0.4 is 20.7 Å². The standard InChI is InChI=1S/C21H18ClFN4O3S2/c1-32(29,30)27-17-11-10-13(12-15(17)22)24-21(31)26-19-9-5-4-8-18(19)25-20(28)14-6-2-3-7-16(14)23/h2-12,27H,1H3,(H,25,28)(H2,24,26,31). The summed E-state index contributed by atoms with van der Waals surface area (Å²) >= 11 is 11.4. The van der Waals surface area contributed by atoms with Gasteiger partial charge in [-0.3, -0.25) is 9.52 Å². The summed E-state index contributed by atoms with van der Waals surface area (Å²) < 4.78 is 38.9. The van der Waals surface area contributed by atoms with Gasteiger partial charge in [-0.25, -0.2) is 12.8 Å². The monoisotopic (exact) mass is 492 g/mol. The predicted octanol–water partition coefficient (Wildman–Crippen LogP) is 4.91. The number of anilines is 4. The van der Waals surface area contributed by atoms with E-state index in [-0.39, 0.29) is 21.4 Å². The Bertz CT molecular complexity index is 1290. The van der Waals surface area contributed by atoms with Crippen LogP contribution in [0.2, 0.25) is 5.02 Å². The molecule has 0 saturated carbocycles. The molecule has 0 saturated heterocycles. The number of rotatable bonds is 6. The number of para-hydroxylation sites is 2. The first-order chi connectivity index (χ1) is 15.1. The van der Waals surface area contributed by atoms with Crippen LogP contribution in [-0.2, 0) is 10.0 Å². The fraction of sp³-hybridized carbons (Fsp3) is 0.0476. The summed E-state index contributed by atoms with van der Waals surface area (Å²) in [6.07, 6.45) is 1.02. The molecule has 0 fully saturated rings. The molecular formula is C21H18ClFN4O3S2. The first kappa shape index (κ1) is 23.5. The molecule has 0 aliphatic carbocycles. The van der Waals surface area contributed by atoms with Gasteiger partial charge >= 0.3 is 0 Å². The number of amides is 1. The van der Waals surface area contributed by atoms with E-state index in [0.29, 0.717) is 17.1 Å². The summed E-state index contributed by atoms with van der Waals surface area (Å²) in [4.78, 5) is 12.4. The second-order valence-electron chi connectivity index (χ2n) is 6.63. The Morgan fingerprint density at radius 3 is 2.16 bits per heavy atom. The molecule has 0 radical (unpaired) electrons. The van der Waals surface area contributed by atoms with Crippen LogP contribution in [-0.4, -0.2) is 25.7 Å². The average Bonchev–Trinajstić information content (AvgIpc) is 2.71. The minimum atomic E-state index is -3.46. The number of carbonyl (C=O) groups excluding carboxylic acids is 1. The van der Waals surface area contributed by atoms with Crippen LogP contribution in [0.15, 0.2) is 66.7 Å². The van der Waals surface area contributed by atoms with Crippen molar-refractivity contribution in [1.82, 2.24) is 0 Å². The molecule has 0 aromatic heterocycles. The summed E-state index contributed by atoms with van der Waals surface area (Å²) in [5.74, 6) is -1.23. The lowest BCUT2D eigenvalue weighted by Gasteiger charge is -2.15. The Kier molecular flexibility index (Phi) is 7.29. The Labute approximate surface area is 195 Å². The van der Waals surface area contributed by atoms with Gasteiger partial charge < -0.3 is 16.0 Å². The molecule has 0 heterocycles. The SMILES string of the molecule is CS(=O)(=O)Nc1ccc(NC(=S)Nc2ccccc2NC(=O)c2ccccc2F)cc1Cl. The van der Waals surface area contributed by atoms with E-state index in [2.05, 4.69) is 20.7 Å². The normalized spacial score (nSPS) is 10.8. The van der Waals surface area contributed by atoms with Crippen molar-refractivity contribution in [3.05, 3.63) is 83.1 Å². The second kappa shape index (κ2) is 9.94. The molecule has 3 aromatic rings. The molecule has 32 heavy (non-hydrogen) atoms. The van der Waals surface area contributed by atoms with Crippen LogP contribution in [0.1, 0.15) is 10.4 Å². The molecule has 7 nitrogen and oxygen atoms in total. The third kappa shape index (κ3) is 6.39. The maximum atomic E-state index is 13.9. The highest BCUT2D eigenvalue weighted by Gasteiger charge is 2.14. The number of thiocarbonyl (C=S) groups is 1. The van der Waals surface area contributed by atoms with Gasteiger partial charge in [0.05, 0.1) is 33.9 Å². The summed E-state index contributed by atoms with van der Waals surface area (Å²) in [6.45, 7) is 0. The van der Waals surface area contributed by atoms with Crippen LogP contribution >= 0.6 is 23.8 Å². The van der Waals surface area contributed by atoms with E-state index in [9.17, 15) is 17.6 Å². The number of benzene rings is 3. The van der Waals surface area contributed by atoms with Gasteiger partial charge in [0.1, 0.15) is 5.82 Å². The highest BCUT2D eigenvalue weighted by Crippen LogP contribution is 2.27. The summed E-state index contributed by atoms with van der Waals surface area (Å²) in [6, 6.07) is 17.1. The van der Waals surface area contributed by atoms with Gasteiger partial charge in [-0.1, -0.05) is 35.9 Å². The lowest BCUT2D eigenvalue weighted by Crippen LogP contribution is -2.21. The highest BCUT2D eigenvalue weighted by molar-refractivity contribution is 7.92. The van der Waals surface area contributed by atoms with Gasteiger partial charge in [0.25, 0.3) is 5.91 Å². The molecule has 4 N–H and O–H groups in total. The first-order valence-electron chi connectivity index (χ1n) is 9.12. The number of sulfonamides is 1. The molecule has 166 valence electrons. The Balaban J connectivity index is 1.70. The van der Waals surface area contributed by atoms with Crippen LogP contribution in [0.4, 0.5) is 27.1 Å². The Morgan fingerprint density at radius 2 is 1.53 bits per heavy atom. The fourth-order valence-electron chi connectivity index (χ4n) is 2.70. The van der Waals surface area contributed by atoms with E-state index in [1.165, 1.54) is 30.3 Å². The summed E-state index contributed by atoms with van der Waals surface area (Å²) in [5.41, 5.74) is 1.55. The largest absolute Gasteiger partial charge is 0.332 e. The molecule has 0 bridgehead atoms. The lowest BCUT2D eigenvalue weighted by molar-refractivity contribution is 0.102. The van der Waals surface area contributed by atoms with Crippen LogP contribution in [0, 0.1) is 5.82 Å². The number of hydrogen-bond donors (Lipinski definition) is 4. The van der Waals surface area contributed by atoms with Crippen molar-refractivity contribution < 1.29 is 17.6 Å². The van der Waals surface area contributed by atoms with Gasteiger partial charge in [-0.15, -0.1) is 0 Å². The fourth-order valence-corrected chi connectivity index (χ4v) is 3.79. The summed E-state index contributed by atoms with van der Waals surface area (Å²) in [7, 11) is -3.46. The lowest BCUT2D eigenvalue weighted by atomic mass is 10.2. The molecule has 1 amide bonds. The van der Waals surface area contributed by atoms with Gasteiger partial charge in [0.15, 0.2) is 5.11 Å².